The van der Waals surface area contributed by atoms with Crippen LogP contribution in [0.25, 0.3) is 0 Å². The maximum atomic E-state index is 12.6. The van der Waals surface area contributed by atoms with Gasteiger partial charge in [-0.05, 0) is 37.5 Å². The Labute approximate surface area is 137 Å². The van der Waals surface area contributed by atoms with Crippen molar-refractivity contribution in [1.29, 1.82) is 0 Å². The summed E-state index contributed by atoms with van der Waals surface area (Å²) in [5, 5.41) is 1.01. The minimum Gasteiger partial charge on any atom is -0.335 e. The first-order valence-corrected chi connectivity index (χ1v) is 8.03. The monoisotopic (exact) mass is 330 g/mol. The predicted octanol–water partition coefficient (Wildman–Crippen LogP) is 4.10. The molecule has 2 atom stereocenters. The van der Waals surface area contributed by atoms with Crippen molar-refractivity contribution in [1.82, 2.24) is 4.90 Å². The van der Waals surface area contributed by atoms with Gasteiger partial charge in [0.25, 0.3) is 0 Å². The maximum Gasteiger partial charge on any atom is 0.240 e. The Balaban J connectivity index is 2.91. The molecule has 1 aromatic carbocycles. The van der Waals surface area contributed by atoms with E-state index in [1.165, 1.54) is 0 Å². The zero-order chi connectivity index (χ0) is 16.2. The average molecular weight is 331 g/mol. The number of benzene rings is 1. The molecule has 0 bridgehead atoms. The van der Waals surface area contributed by atoms with E-state index in [-0.39, 0.29) is 17.9 Å². The molecular formula is C16H24Cl2N2O. The number of halogens is 2. The highest BCUT2D eigenvalue weighted by atomic mass is 35.5. The summed E-state index contributed by atoms with van der Waals surface area (Å²) in [7, 11) is 0. The molecule has 0 aliphatic carbocycles. The van der Waals surface area contributed by atoms with Crippen LogP contribution in [0.3, 0.4) is 0 Å². The van der Waals surface area contributed by atoms with Crippen LogP contribution >= 0.6 is 23.2 Å². The molecule has 3 nitrogen and oxygen atoms in total. The lowest BCUT2D eigenvalue weighted by molar-refractivity contribution is -0.136. The van der Waals surface area contributed by atoms with E-state index in [2.05, 4.69) is 0 Å². The van der Waals surface area contributed by atoms with Crippen molar-refractivity contribution in [3.8, 4) is 0 Å². The molecule has 0 aliphatic rings. The number of amides is 1. The Kier molecular flexibility index (Phi) is 6.98. The third-order valence-corrected chi connectivity index (χ3v) is 4.52. The minimum absolute atomic E-state index is 0.0228. The largest absolute Gasteiger partial charge is 0.335 e. The van der Waals surface area contributed by atoms with Crippen LogP contribution in [0.5, 0.6) is 0 Å². The van der Waals surface area contributed by atoms with Crippen molar-refractivity contribution < 1.29 is 4.79 Å². The van der Waals surface area contributed by atoms with Crippen LogP contribution in [-0.4, -0.2) is 22.9 Å². The van der Waals surface area contributed by atoms with Gasteiger partial charge in [0.05, 0.1) is 16.1 Å². The molecule has 1 amide bonds. The van der Waals surface area contributed by atoms with E-state index >= 15 is 0 Å². The number of nitrogens with two attached hydrogens (primary N) is 1. The van der Waals surface area contributed by atoms with E-state index in [1.54, 1.807) is 17.0 Å². The fourth-order valence-electron chi connectivity index (χ4n) is 2.04. The van der Waals surface area contributed by atoms with Gasteiger partial charge < -0.3 is 10.6 Å². The molecule has 0 heterocycles. The van der Waals surface area contributed by atoms with E-state index in [1.807, 2.05) is 33.8 Å². The Morgan fingerprint density at radius 1 is 1.24 bits per heavy atom. The summed E-state index contributed by atoms with van der Waals surface area (Å²) in [6.07, 6.45) is 0.881. The zero-order valence-corrected chi connectivity index (χ0v) is 14.6. The van der Waals surface area contributed by atoms with Gasteiger partial charge >= 0.3 is 0 Å². The number of hydrogen-bond acceptors (Lipinski definition) is 2. The molecule has 118 valence electrons. The summed E-state index contributed by atoms with van der Waals surface area (Å²) >= 11 is 12.0. The molecule has 1 aromatic rings. The number of hydrogen-bond donors (Lipinski definition) is 1. The molecule has 1 rings (SSSR count). The van der Waals surface area contributed by atoms with Gasteiger partial charge in [-0.1, -0.05) is 49.5 Å². The van der Waals surface area contributed by atoms with Crippen molar-refractivity contribution in [2.45, 2.75) is 52.7 Å². The highest BCUT2D eigenvalue weighted by Gasteiger charge is 2.26. The minimum atomic E-state index is -0.472. The second kappa shape index (κ2) is 8.02. The van der Waals surface area contributed by atoms with Gasteiger partial charge in [0, 0.05) is 12.6 Å². The molecule has 21 heavy (non-hydrogen) atoms. The first-order valence-electron chi connectivity index (χ1n) is 7.27. The number of nitrogens with zero attached hydrogens (tertiary/aromatic N) is 1. The lowest BCUT2D eigenvalue weighted by Crippen LogP contribution is -2.49. The third-order valence-electron chi connectivity index (χ3n) is 3.79. The topological polar surface area (TPSA) is 46.3 Å². The van der Waals surface area contributed by atoms with Gasteiger partial charge in [-0.3, -0.25) is 4.79 Å². The van der Waals surface area contributed by atoms with Crippen LogP contribution in [0, 0.1) is 5.92 Å². The van der Waals surface area contributed by atoms with E-state index < -0.39 is 6.04 Å². The van der Waals surface area contributed by atoms with Gasteiger partial charge in [0.2, 0.25) is 5.91 Å². The molecule has 2 N–H and O–H groups in total. The number of carbonyl (C=O) groups is 1. The van der Waals surface area contributed by atoms with E-state index in [4.69, 9.17) is 28.9 Å². The molecule has 0 aromatic heterocycles. The highest BCUT2D eigenvalue weighted by molar-refractivity contribution is 6.42. The fourth-order valence-corrected chi connectivity index (χ4v) is 2.36. The summed E-state index contributed by atoms with van der Waals surface area (Å²) in [5.74, 6) is 0.137. The fraction of sp³-hybridized carbons (Fsp3) is 0.562. The van der Waals surface area contributed by atoms with Crippen LogP contribution in [0.15, 0.2) is 18.2 Å². The van der Waals surface area contributed by atoms with E-state index in [0.29, 0.717) is 16.6 Å². The van der Waals surface area contributed by atoms with E-state index in [9.17, 15) is 4.79 Å². The normalized spacial score (nSPS) is 14.1. The summed E-state index contributed by atoms with van der Waals surface area (Å²) in [4.78, 5) is 14.4. The Bertz CT molecular complexity index is 491. The van der Waals surface area contributed by atoms with Gasteiger partial charge in [-0.15, -0.1) is 0 Å². The Morgan fingerprint density at radius 3 is 2.33 bits per heavy atom. The van der Waals surface area contributed by atoms with Crippen LogP contribution in [0.2, 0.25) is 10.0 Å². The highest BCUT2D eigenvalue weighted by Crippen LogP contribution is 2.24. The van der Waals surface area contributed by atoms with Crippen molar-refractivity contribution in [2.24, 2.45) is 11.7 Å². The van der Waals surface area contributed by atoms with Crippen molar-refractivity contribution in [3.63, 3.8) is 0 Å². The summed E-state index contributed by atoms with van der Waals surface area (Å²) < 4.78 is 0. The van der Waals surface area contributed by atoms with Crippen molar-refractivity contribution in [2.75, 3.05) is 0 Å². The SMILES string of the molecule is CC[C@H](C)[C@H](N)C(=O)N(Cc1ccc(Cl)c(Cl)c1)C(C)C. The van der Waals surface area contributed by atoms with Crippen LogP contribution < -0.4 is 5.73 Å². The van der Waals surface area contributed by atoms with Crippen molar-refractivity contribution >= 4 is 29.1 Å². The average Bonchev–Trinajstić information content (AvgIpc) is 2.45. The number of rotatable bonds is 6. The second-order valence-corrected chi connectivity index (χ2v) is 6.53. The second-order valence-electron chi connectivity index (χ2n) is 5.72. The summed E-state index contributed by atoms with van der Waals surface area (Å²) in [6.45, 7) is 8.49. The molecule has 0 aliphatic heterocycles. The lowest BCUT2D eigenvalue weighted by atomic mass is 9.98. The lowest BCUT2D eigenvalue weighted by Gasteiger charge is -2.31. The summed E-state index contributed by atoms with van der Waals surface area (Å²) in [5.41, 5.74) is 7.03. The van der Waals surface area contributed by atoms with Crippen LogP contribution in [0.1, 0.15) is 39.7 Å². The van der Waals surface area contributed by atoms with Crippen LogP contribution in [0.4, 0.5) is 0 Å². The quantitative estimate of drug-likeness (QED) is 0.853. The molecule has 0 unspecified atom stereocenters. The molecule has 0 saturated carbocycles. The van der Waals surface area contributed by atoms with Crippen molar-refractivity contribution in [3.05, 3.63) is 33.8 Å². The zero-order valence-electron chi connectivity index (χ0n) is 13.1. The molecule has 0 fully saturated rings. The standard InChI is InChI=1S/C16H24Cl2N2O/c1-5-11(4)15(19)16(21)20(10(2)3)9-12-6-7-13(17)14(18)8-12/h6-8,10-11,15H,5,9,19H2,1-4H3/t11-,15-/m0/s1. The van der Waals surface area contributed by atoms with Gasteiger partial charge in [-0.25, -0.2) is 0 Å². The van der Waals surface area contributed by atoms with Gasteiger partial charge in [-0.2, -0.15) is 0 Å². The van der Waals surface area contributed by atoms with Crippen LogP contribution in [-0.2, 0) is 11.3 Å². The molecule has 5 heteroatoms. The molecule has 0 saturated heterocycles. The molecule has 0 spiro atoms. The van der Waals surface area contributed by atoms with Gasteiger partial charge in [0.15, 0.2) is 0 Å². The number of carbonyl (C=O) groups excluding carboxylic acids is 1. The first kappa shape index (κ1) is 18.3. The first-order chi connectivity index (χ1) is 9.77. The molecule has 0 radical (unpaired) electrons. The molecular weight excluding hydrogens is 307 g/mol. The Hall–Kier alpha value is -0.770. The third kappa shape index (κ3) is 4.87. The summed E-state index contributed by atoms with van der Waals surface area (Å²) in [6, 6.07) is 5.02. The smallest absolute Gasteiger partial charge is 0.240 e. The predicted molar refractivity (Wildman–Crippen MR) is 89.6 cm³/mol. The van der Waals surface area contributed by atoms with Gasteiger partial charge in [0.1, 0.15) is 0 Å². The Morgan fingerprint density at radius 2 is 1.86 bits per heavy atom. The van der Waals surface area contributed by atoms with E-state index in [0.717, 1.165) is 12.0 Å². The maximum absolute atomic E-state index is 12.6.